The maximum Gasteiger partial charge on any atom is 0.228 e. The van der Waals surface area contributed by atoms with Crippen molar-refractivity contribution in [3.63, 3.8) is 0 Å². The molecule has 106 valence electrons. The highest BCUT2D eigenvalue weighted by atomic mass is 16.5. The van der Waals surface area contributed by atoms with Crippen LogP contribution in [0.5, 0.6) is 0 Å². The Kier molecular flexibility index (Phi) is 4.23. The third-order valence-electron chi connectivity index (χ3n) is 3.36. The van der Waals surface area contributed by atoms with Crippen LogP contribution in [-0.2, 0) is 11.2 Å². The van der Waals surface area contributed by atoms with Crippen molar-refractivity contribution in [2.45, 2.75) is 40.0 Å². The zero-order chi connectivity index (χ0) is 14.7. The molecule has 0 aliphatic heterocycles. The molecule has 0 saturated carbocycles. The predicted octanol–water partition coefficient (Wildman–Crippen LogP) is 3.60. The molecule has 0 aliphatic carbocycles. The van der Waals surface area contributed by atoms with Crippen LogP contribution in [0.2, 0.25) is 0 Å². The number of anilines is 1. The van der Waals surface area contributed by atoms with Gasteiger partial charge in [-0.1, -0.05) is 31.1 Å². The lowest BCUT2D eigenvalue weighted by Crippen LogP contribution is -2.15. The first-order valence-electron chi connectivity index (χ1n) is 6.79. The highest BCUT2D eigenvalue weighted by molar-refractivity contribution is 5.92. The van der Waals surface area contributed by atoms with E-state index in [0.717, 1.165) is 16.9 Å². The third kappa shape index (κ3) is 3.26. The average molecular weight is 272 g/mol. The fourth-order valence-corrected chi connectivity index (χ4v) is 2.10. The lowest BCUT2D eigenvalue weighted by molar-refractivity contribution is -0.115. The van der Waals surface area contributed by atoms with Crippen molar-refractivity contribution in [1.82, 2.24) is 5.16 Å². The average Bonchev–Trinajstić information content (AvgIpc) is 2.71. The molecule has 0 radical (unpaired) electrons. The van der Waals surface area contributed by atoms with Crippen LogP contribution in [-0.4, -0.2) is 11.1 Å². The summed E-state index contributed by atoms with van der Waals surface area (Å²) in [5.74, 6) is 1.09. The van der Waals surface area contributed by atoms with Gasteiger partial charge in [-0.25, -0.2) is 0 Å². The molecule has 1 amide bonds. The molecule has 2 aromatic rings. The zero-order valence-electron chi connectivity index (χ0n) is 12.4. The summed E-state index contributed by atoms with van der Waals surface area (Å²) in [5.41, 5.74) is 3.67. The summed E-state index contributed by atoms with van der Waals surface area (Å²) in [6.07, 6.45) is 0.285. The molecule has 0 bridgehead atoms. The molecule has 1 aromatic heterocycles. The first kappa shape index (κ1) is 14.3. The Morgan fingerprint density at radius 1 is 1.35 bits per heavy atom. The molecule has 0 spiro atoms. The fourth-order valence-electron chi connectivity index (χ4n) is 2.10. The topological polar surface area (TPSA) is 55.1 Å². The van der Waals surface area contributed by atoms with Gasteiger partial charge in [-0.3, -0.25) is 4.79 Å². The van der Waals surface area contributed by atoms with Crippen molar-refractivity contribution < 1.29 is 9.32 Å². The minimum Gasteiger partial charge on any atom is -0.361 e. The number of hydrogen-bond donors (Lipinski definition) is 1. The summed E-state index contributed by atoms with van der Waals surface area (Å²) in [6, 6.07) is 7.93. The summed E-state index contributed by atoms with van der Waals surface area (Å²) in [7, 11) is 0. The molecule has 4 heteroatoms. The second-order valence-corrected chi connectivity index (χ2v) is 5.31. The first-order valence-corrected chi connectivity index (χ1v) is 6.79. The number of aryl methyl sites for hydroxylation is 2. The van der Waals surface area contributed by atoms with Gasteiger partial charge in [0.25, 0.3) is 0 Å². The highest BCUT2D eigenvalue weighted by Crippen LogP contribution is 2.19. The van der Waals surface area contributed by atoms with Gasteiger partial charge in [-0.15, -0.1) is 0 Å². The van der Waals surface area contributed by atoms with Crippen molar-refractivity contribution in [3.8, 4) is 0 Å². The third-order valence-corrected chi connectivity index (χ3v) is 3.36. The standard InChI is InChI=1S/C16H20N2O2/c1-10(2)13-6-5-7-14(8-13)17-16(19)9-15-11(3)18-20-12(15)4/h5-8,10H,9H2,1-4H3,(H,17,19). The van der Waals surface area contributed by atoms with E-state index in [1.165, 1.54) is 5.56 Å². The van der Waals surface area contributed by atoms with Crippen LogP contribution >= 0.6 is 0 Å². The molecule has 2 rings (SSSR count). The molecule has 0 fully saturated rings. The van der Waals surface area contributed by atoms with E-state index in [2.05, 4.69) is 30.4 Å². The van der Waals surface area contributed by atoms with Crippen molar-refractivity contribution in [1.29, 1.82) is 0 Å². The van der Waals surface area contributed by atoms with Crippen LogP contribution in [0.3, 0.4) is 0 Å². The number of carbonyl (C=O) groups excluding carboxylic acids is 1. The van der Waals surface area contributed by atoms with E-state index in [4.69, 9.17) is 4.52 Å². The van der Waals surface area contributed by atoms with E-state index >= 15 is 0 Å². The van der Waals surface area contributed by atoms with Gasteiger partial charge in [0.15, 0.2) is 0 Å². The van der Waals surface area contributed by atoms with E-state index < -0.39 is 0 Å². The molecule has 4 nitrogen and oxygen atoms in total. The van der Waals surface area contributed by atoms with Gasteiger partial charge in [-0.2, -0.15) is 0 Å². The van der Waals surface area contributed by atoms with Gasteiger partial charge in [0, 0.05) is 11.3 Å². The Bertz CT molecular complexity index is 595. The molecular weight excluding hydrogens is 252 g/mol. The normalized spacial score (nSPS) is 10.8. The van der Waals surface area contributed by atoms with Gasteiger partial charge in [0.05, 0.1) is 12.1 Å². The number of rotatable bonds is 4. The zero-order valence-corrected chi connectivity index (χ0v) is 12.4. The molecule has 1 aromatic carbocycles. The highest BCUT2D eigenvalue weighted by Gasteiger charge is 2.13. The van der Waals surface area contributed by atoms with E-state index in [-0.39, 0.29) is 12.3 Å². The largest absolute Gasteiger partial charge is 0.361 e. The van der Waals surface area contributed by atoms with E-state index in [1.54, 1.807) is 0 Å². The van der Waals surface area contributed by atoms with E-state index in [1.807, 2.05) is 32.0 Å². The minimum atomic E-state index is -0.0553. The van der Waals surface area contributed by atoms with Gasteiger partial charge in [0.2, 0.25) is 5.91 Å². The fraction of sp³-hybridized carbons (Fsp3) is 0.375. The Morgan fingerprint density at radius 3 is 2.70 bits per heavy atom. The Labute approximate surface area is 119 Å². The summed E-state index contributed by atoms with van der Waals surface area (Å²) in [6.45, 7) is 7.93. The molecule has 0 unspecified atom stereocenters. The number of nitrogens with zero attached hydrogens (tertiary/aromatic N) is 1. The van der Waals surface area contributed by atoms with Crippen LogP contribution in [0.25, 0.3) is 0 Å². The number of aromatic nitrogens is 1. The molecule has 0 saturated heterocycles. The van der Waals surface area contributed by atoms with Crippen LogP contribution in [0.15, 0.2) is 28.8 Å². The monoisotopic (exact) mass is 272 g/mol. The minimum absolute atomic E-state index is 0.0553. The SMILES string of the molecule is Cc1noc(C)c1CC(=O)Nc1cccc(C(C)C)c1. The lowest BCUT2D eigenvalue weighted by atomic mass is 10.0. The number of carbonyl (C=O) groups is 1. The second-order valence-electron chi connectivity index (χ2n) is 5.31. The van der Waals surface area contributed by atoms with Gasteiger partial charge in [-0.05, 0) is 37.5 Å². The number of hydrogen-bond acceptors (Lipinski definition) is 3. The van der Waals surface area contributed by atoms with E-state index in [0.29, 0.717) is 11.7 Å². The second kappa shape index (κ2) is 5.90. The molecule has 20 heavy (non-hydrogen) atoms. The predicted molar refractivity (Wildman–Crippen MR) is 78.8 cm³/mol. The summed E-state index contributed by atoms with van der Waals surface area (Å²) < 4.78 is 5.07. The Morgan fingerprint density at radius 2 is 2.10 bits per heavy atom. The smallest absolute Gasteiger partial charge is 0.228 e. The summed E-state index contributed by atoms with van der Waals surface area (Å²) >= 11 is 0. The maximum atomic E-state index is 12.1. The maximum absolute atomic E-state index is 12.1. The van der Waals surface area contributed by atoms with Crippen molar-refractivity contribution >= 4 is 11.6 Å². The summed E-state index contributed by atoms with van der Waals surface area (Å²) in [5, 5.41) is 6.78. The van der Waals surface area contributed by atoms with Crippen LogP contribution in [0.1, 0.15) is 42.3 Å². The van der Waals surface area contributed by atoms with E-state index in [9.17, 15) is 4.79 Å². The van der Waals surface area contributed by atoms with Crippen molar-refractivity contribution in [2.24, 2.45) is 0 Å². The quantitative estimate of drug-likeness (QED) is 0.925. The Balaban J connectivity index is 2.07. The molecule has 0 aliphatic rings. The van der Waals surface area contributed by atoms with Crippen LogP contribution in [0, 0.1) is 13.8 Å². The van der Waals surface area contributed by atoms with Crippen molar-refractivity contribution in [3.05, 3.63) is 46.8 Å². The number of amides is 1. The lowest BCUT2D eigenvalue weighted by Gasteiger charge is -2.09. The number of nitrogens with one attached hydrogen (secondary N) is 1. The molecule has 0 atom stereocenters. The van der Waals surface area contributed by atoms with Gasteiger partial charge < -0.3 is 9.84 Å². The van der Waals surface area contributed by atoms with Crippen molar-refractivity contribution in [2.75, 3.05) is 5.32 Å². The summed E-state index contributed by atoms with van der Waals surface area (Å²) in [4.78, 5) is 12.1. The van der Waals surface area contributed by atoms with Gasteiger partial charge in [0.1, 0.15) is 5.76 Å². The molecular formula is C16H20N2O2. The first-order chi connectivity index (χ1) is 9.47. The molecule has 1 N–H and O–H groups in total. The van der Waals surface area contributed by atoms with Crippen LogP contribution < -0.4 is 5.32 Å². The number of benzene rings is 1. The van der Waals surface area contributed by atoms with Crippen LogP contribution in [0.4, 0.5) is 5.69 Å². The Hall–Kier alpha value is -2.10. The molecule has 1 heterocycles. The van der Waals surface area contributed by atoms with Gasteiger partial charge >= 0.3 is 0 Å².